The van der Waals surface area contributed by atoms with E-state index in [0.717, 1.165) is 12.0 Å². The third kappa shape index (κ3) is 3.80. The van der Waals surface area contributed by atoms with E-state index >= 15 is 0 Å². The molecule has 3 heteroatoms. The first-order valence-corrected chi connectivity index (χ1v) is 11.3. The molecule has 1 aliphatic carbocycles. The SMILES string of the molecule is CC(C)(C)[Si](C)(C)O[C@@H]1CCCC[C@H]1c1ccc(C#N)cc1. The van der Waals surface area contributed by atoms with Crippen LogP contribution >= 0.6 is 0 Å². The molecule has 0 aliphatic heterocycles. The fourth-order valence-corrected chi connectivity index (χ4v) is 4.37. The Morgan fingerprint density at radius 2 is 1.68 bits per heavy atom. The lowest BCUT2D eigenvalue weighted by molar-refractivity contribution is 0.114. The second-order valence-corrected chi connectivity index (χ2v) is 12.8. The van der Waals surface area contributed by atoms with Crippen LogP contribution < -0.4 is 0 Å². The van der Waals surface area contributed by atoms with Gasteiger partial charge in [-0.05, 0) is 48.7 Å². The van der Waals surface area contributed by atoms with E-state index in [1.165, 1.54) is 24.8 Å². The molecule has 0 aromatic heterocycles. The van der Waals surface area contributed by atoms with E-state index in [9.17, 15) is 0 Å². The molecule has 1 fully saturated rings. The minimum atomic E-state index is -1.74. The van der Waals surface area contributed by atoms with Gasteiger partial charge in [0.1, 0.15) is 0 Å². The Bertz CT molecular complexity index is 536. The Morgan fingerprint density at radius 1 is 1.09 bits per heavy atom. The van der Waals surface area contributed by atoms with Crippen molar-refractivity contribution in [2.75, 3.05) is 0 Å². The minimum absolute atomic E-state index is 0.250. The third-order valence-electron chi connectivity index (χ3n) is 5.42. The lowest BCUT2D eigenvalue weighted by atomic mass is 9.81. The molecule has 120 valence electrons. The zero-order valence-electron chi connectivity index (χ0n) is 14.6. The maximum absolute atomic E-state index is 8.96. The van der Waals surface area contributed by atoms with Crippen LogP contribution in [0.5, 0.6) is 0 Å². The normalized spacial score (nSPS) is 23.1. The van der Waals surface area contributed by atoms with Gasteiger partial charge in [0.2, 0.25) is 0 Å². The van der Waals surface area contributed by atoms with Gasteiger partial charge in [0.25, 0.3) is 0 Å². The van der Waals surface area contributed by atoms with Crippen LogP contribution in [0.25, 0.3) is 0 Å². The van der Waals surface area contributed by atoms with Gasteiger partial charge < -0.3 is 4.43 Å². The van der Waals surface area contributed by atoms with E-state index in [2.05, 4.69) is 52.1 Å². The summed E-state index contributed by atoms with van der Waals surface area (Å²) in [6.45, 7) is 11.6. The molecule has 1 aliphatic rings. The predicted octanol–water partition coefficient (Wildman–Crippen LogP) is 5.61. The molecule has 0 saturated heterocycles. The van der Waals surface area contributed by atoms with E-state index in [4.69, 9.17) is 9.69 Å². The molecule has 0 heterocycles. The van der Waals surface area contributed by atoms with E-state index in [1.54, 1.807) is 0 Å². The molecule has 0 amide bonds. The van der Waals surface area contributed by atoms with Crippen molar-refractivity contribution in [3.63, 3.8) is 0 Å². The highest BCUT2D eigenvalue weighted by Crippen LogP contribution is 2.42. The van der Waals surface area contributed by atoms with E-state index in [0.29, 0.717) is 12.0 Å². The van der Waals surface area contributed by atoms with Crippen LogP contribution in [0.3, 0.4) is 0 Å². The Morgan fingerprint density at radius 3 is 2.23 bits per heavy atom. The van der Waals surface area contributed by atoms with Crippen LogP contribution in [-0.2, 0) is 4.43 Å². The first-order chi connectivity index (χ1) is 10.2. The van der Waals surface area contributed by atoms with Gasteiger partial charge in [-0.1, -0.05) is 45.7 Å². The molecule has 2 nitrogen and oxygen atoms in total. The second kappa shape index (κ2) is 6.56. The quantitative estimate of drug-likeness (QED) is 0.679. The fourth-order valence-electron chi connectivity index (χ4n) is 2.98. The van der Waals surface area contributed by atoms with Crippen molar-refractivity contribution >= 4 is 8.32 Å². The molecule has 1 saturated carbocycles. The highest BCUT2D eigenvalue weighted by Gasteiger charge is 2.41. The number of hydrogen-bond acceptors (Lipinski definition) is 2. The topological polar surface area (TPSA) is 33.0 Å². The number of benzene rings is 1. The van der Waals surface area contributed by atoms with E-state index in [-0.39, 0.29) is 5.04 Å². The van der Waals surface area contributed by atoms with Gasteiger partial charge in [-0.25, -0.2) is 0 Å². The monoisotopic (exact) mass is 315 g/mol. The maximum atomic E-state index is 8.96. The number of nitrogens with zero attached hydrogens (tertiary/aromatic N) is 1. The van der Waals surface area contributed by atoms with Crippen molar-refractivity contribution < 1.29 is 4.43 Å². The highest BCUT2D eigenvalue weighted by molar-refractivity contribution is 6.74. The average molecular weight is 316 g/mol. The molecular formula is C19H29NOSi. The summed E-state index contributed by atoms with van der Waals surface area (Å²) in [7, 11) is -1.74. The summed E-state index contributed by atoms with van der Waals surface area (Å²) in [4.78, 5) is 0. The highest BCUT2D eigenvalue weighted by atomic mass is 28.4. The summed E-state index contributed by atoms with van der Waals surface area (Å²) in [5, 5.41) is 9.21. The molecule has 2 atom stereocenters. The second-order valence-electron chi connectivity index (χ2n) is 8.04. The summed E-state index contributed by atoms with van der Waals surface area (Å²) >= 11 is 0. The lowest BCUT2D eigenvalue weighted by Crippen LogP contribution is -2.46. The van der Waals surface area contributed by atoms with Crippen molar-refractivity contribution in [2.24, 2.45) is 0 Å². The van der Waals surface area contributed by atoms with Crippen molar-refractivity contribution in [3.8, 4) is 6.07 Å². The van der Waals surface area contributed by atoms with Gasteiger partial charge in [0, 0.05) is 5.92 Å². The van der Waals surface area contributed by atoms with Crippen molar-refractivity contribution in [1.82, 2.24) is 0 Å². The zero-order chi connectivity index (χ0) is 16.4. The molecule has 0 radical (unpaired) electrons. The molecule has 22 heavy (non-hydrogen) atoms. The van der Waals surface area contributed by atoms with Gasteiger partial charge in [0.15, 0.2) is 8.32 Å². The van der Waals surface area contributed by atoms with Crippen LogP contribution in [0.2, 0.25) is 18.1 Å². The predicted molar refractivity (Wildman–Crippen MR) is 94.4 cm³/mol. The smallest absolute Gasteiger partial charge is 0.192 e. The summed E-state index contributed by atoms with van der Waals surface area (Å²) < 4.78 is 6.74. The third-order valence-corrected chi connectivity index (χ3v) is 9.93. The van der Waals surface area contributed by atoms with E-state index in [1.807, 2.05) is 12.1 Å². The lowest BCUT2D eigenvalue weighted by Gasteiger charge is -2.43. The van der Waals surface area contributed by atoms with Crippen LogP contribution in [0.4, 0.5) is 0 Å². The fraction of sp³-hybridized carbons (Fsp3) is 0.632. The molecule has 0 unspecified atom stereocenters. The summed E-state index contributed by atoms with van der Waals surface area (Å²) in [5.41, 5.74) is 2.07. The first-order valence-electron chi connectivity index (χ1n) is 8.42. The van der Waals surface area contributed by atoms with Crippen molar-refractivity contribution in [1.29, 1.82) is 5.26 Å². The summed E-state index contributed by atoms with van der Waals surface area (Å²) in [6.07, 6.45) is 5.25. The van der Waals surface area contributed by atoms with Crippen LogP contribution in [-0.4, -0.2) is 14.4 Å². The molecule has 1 aromatic rings. The molecule has 1 aromatic carbocycles. The van der Waals surface area contributed by atoms with Gasteiger partial charge >= 0.3 is 0 Å². The molecule has 0 spiro atoms. The standard InChI is InChI=1S/C19H29NOSi/c1-19(2,3)22(4,5)21-18-9-7-6-8-17(18)16-12-10-15(14-20)11-13-16/h10-13,17-18H,6-9H2,1-5H3/t17-,18+/m0/s1. The molecule has 0 bridgehead atoms. The van der Waals surface area contributed by atoms with Gasteiger partial charge in [0.05, 0.1) is 17.7 Å². The number of hydrogen-bond donors (Lipinski definition) is 0. The Kier molecular flexibility index (Phi) is 5.14. The van der Waals surface area contributed by atoms with E-state index < -0.39 is 8.32 Å². The average Bonchev–Trinajstić information content (AvgIpc) is 2.46. The molecular weight excluding hydrogens is 286 g/mol. The van der Waals surface area contributed by atoms with Crippen LogP contribution in [0.15, 0.2) is 24.3 Å². The van der Waals surface area contributed by atoms with Crippen LogP contribution in [0.1, 0.15) is 63.5 Å². The maximum Gasteiger partial charge on any atom is 0.192 e. The van der Waals surface area contributed by atoms with Gasteiger partial charge in [-0.3, -0.25) is 0 Å². The Hall–Kier alpha value is -1.11. The molecule has 0 N–H and O–H groups in total. The summed E-state index contributed by atoms with van der Waals surface area (Å²) in [5.74, 6) is 0.482. The van der Waals surface area contributed by atoms with Gasteiger partial charge in [-0.2, -0.15) is 5.26 Å². The van der Waals surface area contributed by atoms with Crippen LogP contribution in [0, 0.1) is 11.3 Å². The van der Waals surface area contributed by atoms with Gasteiger partial charge in [-0.15, -0.1) is 0 Å². The largest absolute Gasteiger partial charge is 0.413 e. The minimum Gasteiger partial charge on any atom is -0.413 e. The number of rotatable bonds is 3. The zero-order valence-corrected chi connectivity index (χ0v) is 15.6. The Balaban J connectivity index is 2.19. The Labute approximate surface area is 136 Å². The number of nitriles is 1. The molecule has 2 rings (SSSR count). The summed E-state index contributed by atoms with van der Waals surface area (Å²) in [6, 6.07) is 10.3. The first kappa shape index (κ1) is 17.2. The van der Waals surface area contributed by atoms with Crippen molar-refractivity contribution in [3.05, 3.63) is 35.4 Å². The van der Waals surface area contributed by atoms with Crippen molar-refractivity contribution in [2.45, 2.75) is 76.6 Å².